The second-order valence-corrected chi connectivity index (χ2v) is 4.13. The lowest BCUT2D eigenvalue weighted by atomic mass is 10.1. The number of carbonyl (C=O) groups is 1. The zero-order valence-electron chi connectivity index (χ0n) is 11.6. The molecule has 0 bridgehead atoms. The van der Waals surface area contributed by atoms with Gasteiger partial charge in [0.05, 0.1) is 20.8 Å². The molecule has 1 heterocycles. The molecule has 0 aliphatic heterocycles. The Bertz CT molecular complexity index is 561. The number of carbonyl (C=O) groups excluding carboxylic acids is 1. The molecule has 0 fully saturated rings. The molecule has 0 radical (unpaired) electrons. The predicted octanol–water partition coefficient (Wildman–Crippen LogP) is 1.09. The van der Waals surface area contributed by atoms with Crippen LogP contribution in [0.25, 0.3) is 0 Å². The average Bonchev–Trinajstić information content (AvgIpc) is 2.98. The Morgan fingerprint density at radius 2 is 1.95 bits per heavy atom. The summed E-state index contributed by atoms with van der Waals surface area (Å²) in [6, 6.07) is 5.21. The fraction of sp³-hybridized carbons (Fsp3) is 0.308. The molecule has 2 aromatic rings. The largest absolute Gasteiger partial charge is 0.496 e. The lowest BCUT2D eigenvalue weighted by molar-refractivity contribution is 0.0774. The Morgan fingerprint density at radius 3 is 2.45 bits per heavy atom. The van der Waals surface area contributed by atoms with Gasteiger partial charge in [-0.3, -0.25) is 9.89 Å². The van der Waals surface area contributed by atoms with Crippen molar-refractivity contribution in [1.82, 2.24) is 20.1 Å². The summed E-state index contributed by atoms with van der Waals surface area (Å²) in [6.07, 6.45) is 1.40. The molecule has 7 nitrogen and oxygen atoms in total. The minimum Gasteiger partial charge on any atom is -0.496 e. The maximum absolute atomic E-state index is 12.5. The first-order valence-electron chi connectivity index (χ1n) is 5.98. The zero-order valence-corrected chi connectivity index (χ0v) is 11.6. The molecule has 7 heteroatoms. The Morgan fingerprint density at radius 1 is 1.30 bits per heavy atom. The molecule has 1 aromatic heterocycles. The second-order valence-electron chi connectivity index (χ2n) is 4.13. The first-order valence-corrected chi connectivity index (χ1v) is 5.98. The number of rotatable bonds is 5. The summed E-state index contributed by atoms with van der Waals surface area (Å²) < 4.78 is 10.5. The normalized spacial score (nSPS) is 10.2. The molecule has 0 atom stereocenters. The van der Waals surface area contributed by atoms with Crippen LogP contribution in [0.1, 0.15) is 16.2 Å². The number of aromatic nitrogens is 3. The molecule has 0 aliphatic rings. The van der Waals surface area contributed by atoms with Crippen LogP contribution in [0.4, 0.5) is 0 Å². The minimum atomic E-state index is -0.212. The van der Waals surface area contributed by atoms with Crippen LogP contribution in [0.5, 0.6) is 11.5 Å². The van der Waals surface area contributed by atoms with Gasteiger partial charge in [-0.1, -0.05) is 6.07 Å². The van der Waals surface area contributed by atoms with Gasteiger partial charge < -0.3 is 14.4 Å². The molecule has 0 spiro atoms. The highest BCUT2D eigenvalue weighted by Gasteiger charge is 2.22. The van der Waals surface area contributed by atoms with E-state index in [9.17, 15) is 4.79 Å². The third-order valence-corrected chi connectivity index (χ3v) is 2.84. The molecule has 20 heavy (non-hydrogen) atoms. The van der Waals surface area contributed by atoms with Crippen LogP contribution in [0, 0.1) is 0 Å². The van der Waals surface area contributed by atoms with Crippen LogP contribution < -0.4 is 9.47 Å². The van der Waals surface area contributed by atoms with Gasteiger partial charge in [0.2, 0.25) is 0 Å². The summed E-state index contributed by atoms with van der Waals surface area (Å²) in [5, 5.41) is 6.47. The molecule has 0 aliphatic carbocycles. The number of hydrogen-bond donors (Lipinski definition) is 1. The number of amides is 1. The Balaban J connectivity index is 2.28. The van der Waals surface area contributed by atoms with E-state index in [2.05, 4.69) is 15.2 Å². The zero-order chi connectivity index (χ0) is 14.5. The van der Waals surface area contributed by atoms with E-state index >= 15 is 0 Å². The van der Waals surface area contributed by atoms with E-state index in [-0.39, 0.29) is 5.91 Å². The van der Waals surface area contributed by atoms with Crippen molar-refractivity contribution in [3.63, 3.8) is 0 Å². The summed E-state index contributed by atoms with van der Waals surface area (Å²) >= 11 is 0. The van der Waals surface area contributed by atoms with Gasteiger partial charge in [0.25, 0.3) is 5.91 Å². The molecule has 106 valence electrons. The molecule has 1 N–H and O–H groups in total. The van der Waals surface area contributed by atoms with Crippen LogP contribution in [-0.2, 0) is 6.54 Å². The number of nitrogens with zero attached hydrogens (tertiary/aromatic N) is 3. The number of ether oxygens (including phenoxy) is 2. The van der Waals surface area contributed by atoms with Gasteiger partial charge in [0.15, 0.2) is 0 Å². The lowest BCUT2D eigenvalue weighted by Crippen LogP contribution is -2.27. The van der Waals surface area contributed by atoms with E-state index in [1.807, 2.05) is 0 Å². The fourth-order valence-corrected chi connectivity index (χ4v) is 1.86. The van der Waals surface area contributed by atoms with E-state index in [0.29, 0.717) is 29.4 Å². The SMILES string of the molecule is COc1cccc(OC)c1C(=O)N(C)Cc1ncn[nH]1. The third kappa shape index (κ3) is 2.71. The molecular weight excluding hydrogens is 260 g/mol. The standard InChI is InChI=1S/C13H16N4O3/c1-17(7-11-14-8-15-16-11)13(18)12-9(19-2)5-4-6-10(12)20-3/h4-6,8H,7H2,1-3H3,(H,14,15,16). The summed E-state index contributed by atoms with van der Waals surface area (Å²) in [5.41, 5.74) is 0.388. The fourth-order valence-electron chi connectivity index (χ4n) is 1.86. The number of benzene rings is 1. The highest BCUT2D eigenvalue weighted by Crippen LogP contribution is 2.29. The molecule has 0 saturated carbocycles. The van der Waals surface area contributed by atoms with Crippen molar-refractivity contribution in [2.75, 3.05) is 21.3 Å². The van der Waals surface area contributed by atoms with Gasteiger partial charge in [0.1, 0.15) is 29.2 Å². The van der Waals surface area contributed by atoms with E-state index in [4.69, 9.17) is 9.47 Å². The Kier molecular flexibility index (Phi) is 4.19. The van der Waals surface area contributed by atoms with Crippen molar-refractivity contribution >= 4 is 5.91 Å². The highest BCUT2D eigenvalue weighted by atomic mass is 16.5. The van der Waals surface area contributed by atoms with Crippen molar-refractivity contribution in [2.24, 2.45) is 0 Å². The first-order chi connectivity index (χ1) is 9.67. The summed E-state index contributed by atoms with van der Waals surface area (Å²) in [4.78, 5) is 18.0. The quantitative estimate of drug-likeness (QED) is 0.884. The number of aromatic amines is 1. The van der Waals surface area contributed by atoms with Gasteiger partial charge in [-0.05, 0) is 12.1 Å². The van der Waals surface area contributed by atoms with Crippen molar-refractivity contribution in [1.29, 1.82) is 0 Å². The highest BCUT2D eigenvalue weighted by molar-refractivity contribution is 5.99. The Hall–Kier alpha value is -2.57. The third-order valence-electron chi connectivity index (χ3n) is 2.84. The number of hydrogen-bond acceptors (Lipinski definition) is 5. The van der Waals surface area contributed by atoms with Gasteiger partial charge in [-0.2, -0.15) is 5.10 Å². The molecule has 1 amide bonds. The topological polar surface area (TPSA) is 80.3 Å². The maximum Gasteiger partial charge on any atom is 0.261 e. The Labute approximate surface area is 116 Å². The second kappa shape index (κ2) is 6.05. The van der Waals surface area contributed by atoms with Crippen molar-refractivity contribution in [3.05, 3.63) is 35.9 Å². The van der Waals surface area contributed by atoms with E-state index in [0.717, 1.165) is 0 Å². The molecular formula is C13H16N4O3. The number of methoxy groups -OCH3 is 2. The first kappa shape index (κ1) is 13.9. The summed E-state index contributed by atoms with van der Waals surface area (Å²) in [7, 11) is 4.71. The lowest BCUT2D eigenvalue weighted by Gasteiger charge is -2.19. The van der Waals surface area contributed by atoms with Gasteiger partial charge >= 0.3 is 0 Å². The minimum absolute atomic E-state index is 0.212. The van der Waals surface area contributed by atoms with Gasteiger partial charge in [-0.15, -0.1) is 0 Å². The molecule has 1 aromatic carbocycles. The smallest absolute Gasteiger partial charge is 0.261 e. The predicted molar refractivity (Wildman–Crippen MR) is 71.7 cm³/mol. The van der Waals surface area contributed by atoms with Crippen molar-refractivity contribution < 1.29 is 14.3 Å². The summed E-state index contributed by atoms with van der Waals surface area (Å²) in [6.45, 7) is 0.319. The summed E-state index contributed by atoms with van der Waals surface area (Å²) in [5.74, 6) is 1.34. The van der Waals surface area contributed by atoms with Crippen molar-refractivity contribution in [3.8, 4) is 11.5 Å². The maximum atomic E-state index is 12.5. The monoisotopic (exact) mass is 276 g/mol. The van der Waals surface area contributed by atoms with Crippen LogP contribution in [0.3, 0.4) is 0 Å². The number of nitrogens with one attached hydrogen (secondary N) is 1. The molecule has 0 saturated heterocycles. The number of H-pyrrole nitrogens is 1. The van der Waals surface area contributed by atoms with E-state index < -0.39 is 0 Å². The molecule has 0 unspecified atom stereocenters. The van der Waals surface area contributed by atoms with E-state index in [1.165, 1.54) is 25.4 Å². The van der Waals surface area contributed by atoms with Crippen LogP contribution in [0.2, 0.25) is 0 Å². The van der Waals surface area contributed by atoms with Crippen LogP contribution in [-0.4, -0.2) is 47.3 Å². The molecule has 2 rings (SSSR count). The van der Waals surface area contributed by atoms with Gasteiger partial charge in [0, 0.05) is 7.05 Å². The average molecular weight is 276 g/mol. The van der Waals surface area contributed by atoms with Crippen LogP contribution in [0.15, 0.2) is 24.5 Å². The van der Waals surface area contributed by atoms with Crippen LogP contribution >= 0.6 is 0 Å². The van der Waals surface area contributed by atoms with E-state index in [1.54, 1.807) is 25.2 Å². The van der Waals surface area contributed by atoms with Crippen molar-refractivity contribution in [2.45, 2.75) is 6.54 Å². The van der Waals surface area contributed by atoms with Gasteiger partial charge in [-0.25, -0.2) is 4.98 Å².